The highest BCUT2D eigenvalue weighted by Gasteiger charge is 2.46. The average Bonchev–Trinajstić information content (AvgIpc) is 2.41. The molecule has 1 fully saturated rings. The molecule has 0 amide bonds. The van der Waals surface area contributed by atoms with Crippen LogP contribution in [0.4, 0.5) is 0 Å². The zero-order valence-electron chi connectivity index (χ0n) is 11.4. The molecule has 1 unspecified atom stereocenters. The average molecular weight is 273 g/mol. The molecule has 0 aliphatic carbocycles. The quantitative estimate of drug-likeness (QED) is 0.862. The zero-order chi connectivity index (χ0) is 13.5. The minimum atomic E-state index is -0.762. The van der Waals surface area contributed by atoms with Crippen LogP contribution < -0.4 is 0 Å². The van der Waals surface area contributed by atoms with E-state index in [-0.39, 0.29) is 5.41 Å². The fourth-order valence-electron chi connectivity index (χ4n) is 2.75. The van der Waals surface area contributed by atoms with Crippen LogP contribution in [-0.2, 0) is 5.60 Å². The highest BCUT2D eigenvalue weighted by Crippen LogP contribution is 2.48. The van der Waals surface area contributed by atoms with Crippen LogP contribution in [0, 0.1) is 5.41 Å². The van der Waals surface area contributed by atoms with E-state index in [9.17, 15) is 5.11 Å². The summed E-state index contributed by atoms with van der Waals surface area (Å²) in [7, 11) is 0. The molecule has 2 heterocycles. The Kier molecular flexibility index (Phi) is 3.06. The van der Waals surface area contributed by atoms with Gasteiger partial charge in [0.1, 0.15) is 5.60 Å². The third-order valence-corrected chi connectivity index (χ3v) is 5.50. The molecule has 19 heavy (non-hydrogen) atoms. The number of benzene rings is 1. The number of pyridine rings is 1. The second-order valence-corrected chi connectivity index (χ2v) is 7.06. The number of nitrogens with zero attached hydrogens (tertiary/aromatic N) is 1. The molecule has 100 valence electrons. The number of rotatable bonds is 1. The third kappa shape index (κ3) is 2.05. The van der Waals surface area contributed by atoms with Crippen LogP contribution in [0.2, 0.25) is 0 Å². The van der Waals surface area contributed by atoms with Gasteiger partial charge in [-0.25, -0.2) is 0 Å². The summed E-state index contributed by atoms with van der Waals surface area (Å²) in [5.74, 6) is 1.89. The molecule has 3 heteroatoms. The van der Waals surface area contributed by atoms with Gasteiger partial charge in [-0.15, -0.1) is 0 Å². The molecule has 1 atom stereocenters. The van der Waals surface area contributed by atoms with E-state index in [0.29, 0.717) is 0 Å². The molecule has 1 aliphatic rings. The van der Waals surface area contributed by atoms with Crippen molar-refractivity contribution in [2.75, 3.05) is 11.5 Å². The number of aliphatic hydroxyl groups is 1. The Morgan fingerprint density at radius 3 is 2.89 bits per heavy atom. The summed E-state index contributed by atoms with van der Waals surface area (Å²) < 4.78 is 0. The molecule has 1 saturated heterocycles. The van der Waals surface area contributed by atoms with Crippen molar-refractivity contribution in [1.82, 2.24) is 4.98 Å². The van der Waals surface area contributed by atoms with Gasteiger partial charge in [0.15, 0.2) is 0 Å². The second-order valence-electron chi connectivity index (χ2n) is 5.96. The molecule has 1 aliphatic heterocycles. The minimum absolute atomic E-state index is 0.0965. The first-order chi connectivity index (χ1) is 9.03. The van der Waals surface area contributed by atoms with E-state index in [1.165, 1.54) is 0 Å². The Hall–Kier alpha value is -1.06. The Balaban J connectivity index is 2.12. The molecular formula is C16H19NOS. The van der Waals surface area contributed by atoms with Crippen molar-refractivity contribution in [3.63, 3.8) is 0 Å². The largest absolute Gasteiger partial charge is 0.384 e. The lowest BCUT2D eigenvalue weighted by Gasteiger charge is -2.46. The van der Waals surface area contributed by atoms with Gasteiger partial charge in [0.2, 0.25) is 0 Å². The molecule has 0 bridgehead atoms. The first-order valence-electron chi connectivity index (χ1n) is 6.68. The monoisotopic (exact) mass is 273 g/mol. The standard InChI is InChI=1S/C16H19NOS/c1-15(2)7-9-19-11-16(15,18)13-6-5-12-4-3-8-17-14(12)10-13/h3-6,8,10,18H,7,9,11H2,1-2H3. The van der Waals surface area contributed by atoms with Gasteiger partial charge in [-0.2, -0.15) is 11.8 Å². The second kappa shape index (κ2) is 4.50. The summed E-state index contributed by atoms with van der Waals surface area (Å²) in [6.45, 7) is 4.32. The number of hydrogen-bond donors (Lipinski definition) is 1. The lowest BCUT2D eigenvalue weighted by Crippen LogP contribution is -2.47. The van der Waals surface area contributed by atoms with E-state index < -0.39 is 5.60 Å². The van der Waals surface area contributed by atoms with Crippen LogP contribution in [0.15, 0.2) is 36.5 Å². The maximum Gasteiger partial charge on any atom is 0.104 e. The lowest BCUT2D eigenvalue weighted by molar-refractivity contribution is -0.0577. The smallest absolute Gasteiger partial charge is 0.104 e. The Labute approximate surface area is 118 Å². The van der Waals surface area contributed by atoms with Crippen LogP contribution in [0.25, 0.3) is 10.9 Å². The molecule has 2 nitrogen and oxygen atoms in total. The number of hydrogen-bond acceptors (Lipinski definition) is 3. The highest BCUT2D eigenvalue weighted by molar-refractivity contribution is 7.99. The summed E-state index contributed by atoms with van der Waals surface area (Å²) >= 11 is 1.83. The van der Waals surface area contributed by atoms with Gasteiger partial charge in [0.25, 0.3) is 0 Å². The van der Waals surface area contributed by atoms with Crippen LogP contribution in [0.1, 0.15) is 25.8 Å². The van der Waals surface area contributed by atoms with Crippen molar-refractivity contribution in [3.8, 4) is 0 Å². The first-order valence-corrected chi connectivity index (χ1v) is 7.84. The molecule has 0 saturated carbocycles. The third-order valence-electron chi connectivity index (χ3n) is 4.39. The van der Waals surface area contributed by atoms with Crippen molar-refractivity contribution < 1.29 is 5.11 Å². The van der Waals surface area contributed by atoms with E-state index >= 15 is 0 Å². The van der Waals surface area contributed by atoms with Crippen molar-refractivity contribution >= 4 is 22.7 Å². The fraction of sp³-hybridized carbons (Fsp3) is 0.438. The van der Waals surface area contributed by atoms with E-state index in [1.54, 1.807) is 6.20 Å². The number of fused-ring (bicyclic) bond motifs is 1. The van der Waals surface area contributed by atoms with E-state index in [1.807, 2.05) is 23.9 Å². The van der Waals surface area contributed by atoms with Crippen LogP contribution in [0.5, 0.6) is 0 Å². The molecule has 0 spiro atoms. The van der Waals surface area contributed by atoms with Crippen LogP contribution in [0.3, 0.4) is 0 Å². The zero-order valence-corrected chi connectivity index (χ0v) is 12.2. The highest BCUT2D eigenvalue weighted by atomic mass is 32.2. The SMILES string of the molecule is CC1(C)CCSCC1(O)c1ccc2cccnc2c1. The van der Waals surface area contributed by atoms with Gasteiger partial charge in [-0.3, -0.25) is 4.98 Å². The fourth-order valence-corrected chi connectivity index (χ4v) is 4.40. The number of aromatic nitrogens is 1. The Bertz CT molecular complexity index is 610. The van der Waals surface area contributed by atoms with Crippen molar-refractivity contribution in [3.05, 3.63) is 42.1 Å². The summed E-state index contributed by atoms with van der Waals surface area (Å²) in [5.41, 5.74) is 1.10. The maximum absolute atomic E-state index is 11.2. The molecule has 1 aromatic carbocycles. The molecule has 1 N–H and O–H groups in total. The van der Waals surface area contributed by atoms with Crippen molar-refractivity contribution in [1.29, 1.82) is 0 Å². The van der Waals surface area contributed by atoms with E-state index in [2.05, 4.69) is 37.0 Å². The summed E-state index contributed by atoms with van der Waals surface area (Å²) in [6.07, 6.45) is 2.84. The summed E-state index contributed by atoms with van der Waals surface area (Å²) in [5, 5.41) is 12.3. The van der Waals surface area contributed by atoms with Crippen molar-refractivity contribution in [2.24, 2.45) is 5.41 Å². The van der Waals surface area contributed by atoms with Crippen molar-refractivity contribution in [2.45, 2.75) is 25.9 Å². The van der Waals surface area contributed by atoms with E-state index in [4.69, 9.17) is 0 Å². The summed E-state index contributed by atoms with van der Waals surface area (Å²) in [4.78, 5) is 4.40. The molecule has 1 aromatic heterocycles. The predicted octanol–water partition coefficient (Wildman–Crippen LogP) is 3.59. The predicted molar refractivity (Wildman–Crippen MR) is 81.4 cm³/mol. The first kappa shape index (κ1) is 12.9. The van der Waals surface area contributed by atoms with Gasteiger partial charge in [0.05, 0.1) is 5.52 Å². The van der Waals surface area contributed by atoms with Gasteiger partial charge >= 0.3 is 0 Å². The molecule has 3 rings (SSSR count). The molecule has 0 radical (unpaired) electrons. The van der Waals surface area contributed by atoms with Crippen LogP contribution in [-0.4, -0.2) is 21.6 Å². The van der Waals surface area contributed by atoms with Gasteiger partial charge in [-0.1, -0.05) is 32.0 Å². The van der Waals surface area contributed by atoms with E-state index in [0.717, 1.165) is 34.4 Å². The normalized spacial score (nSPS) is 26.5. The Morgan fingerprint density at radius 1 is 1.26 bits per heavy atom. The Morgan fingerprint density at radius 2 is 2.11 bits per heavy atom. The minimum Gasteiger partial charge on any atom is -0.384 e. The molecular weight excluding hydrogens is 254 g/mol. The summed E-state index contributed by atoms with van der Waals surface area (Å²) in [6, 6.07) is 10.2. The lowest BCUT2D eigenvalue weighted by atomic mass is 9.70. The van der Waals surface area contributed by atoms with Gasteiger partial charge in [0, 0.05) is 17.3 Å². The molecule has 2 aromatic rings. The maximum atomic E-state index is 11.2. The topological polar surface area (TPSA) is 33.1 Å². The van der Waals surface area contributed by atoms with Gasteiger partial charge in [-0.05, 0) is 35.3 Å². The van der Waals surface area contributed by atoms with Crippen LogP contribution >= 0.6 is 11.8 Å². The number of thioether (sulfide) groups is 1. The van der Waals surface area contributed by atoms with Gasteiger partial charge < -0.3 is 5.11 Å².